The summed E-state index contributed by atoms with van der Waals surface area (Å²) >= 11 is 0. The Morgan fingerprint density at radius 1 is 1.67 bits per heavy atom. The monoisotopic (exact) mass is 173 g/mol. The highest BCUT2D eigenvalue weighted by Gasteiger charge is 2.10. The molecule has 1 aromatic heterocycles. The number of aryl methyl sites for hydroxylation is 1. The molecule has 0 aliphatic rings. The Labute approximate surface area is 69.2 Å². The molecule has 0 saturated heterocycles. The maximum Gasteiger partial charge on any atom is 0.302 e. The molecular formula is C7H12FN3O. The highest BCUT2D eigenvalue weighted by molar-refractivity contribution is 5.02. The van der Waals surface area contributed by atoms with Crippen LogP contribution in [-0.2, 0) is 13.0 Å². The van der Waals surface area contributed by atoms with Gasteiger partial charge in [-0.25, -0.2) is 4.68 Å². The smallest absolute Gasteiger partial charge is 0.302 e. The van der Waals surface area contributed by atoms with E-state index in [0.29, 0.717) is 25.2 Å². The van der Waals surface area contributed by atoms with Crippen molar-refractivity contribution < 1.29 is 4.39 Å². The van der Waals surface area contributed by atoms with E-state index in [0.717, 1.165) is 0 Å². The lowest BCUT2D eigenvalue weighted by Gasteiger charge is -1.95. The van der Waals surface area contributed by atoms with Gasteiger partial charge in [0.05, 0.1) is 12.2 Å². The zero-order valence-electron chi connectivity index (χ0n) is 6.93. The van der Waals surface area contributed by atoms with Gasteiger partial charge in [0.1, 0.15) is 0 Å². The number of hydrogen-bond donors (Lipinski definition) is 2. The second-order valence-corrected chi connectivity index (χ2v) is 2.50. The molecule has 0 spiro atoms. The van der Waals surface area contributed by atoms with Gasteiger partial charge in [-0.1, -0.05) is 6.92 Å². The average molecular weight is 173 g/mol. The van der Waals surface area contributed by atoms with Crippen LogP contribution < -0.4 is 11.3 Å². The Kier molecular flexibility index (Phi) is 2.65. The van der Waals surface area contributed by atoms with Gasteiger partial charge in [-0.15, -0.1) is 0 Å². The minimum atomic E-state index is -0.689. The Morgan fingerprint density at radius 2 is 2.33 bits per heavy atom. The van der Waals surface area contributed by atoms with Crippen molar-refractivity contribution in [3.63, 3.8) is 0 Å². The van der Waals surface area contributed by atoms with E-state index in [1.807, 2.05) is 0 Å². The van der Waals surface area contributed by atoms with E-state index in [1.165, 1.54) is 4.68 Å². The summed E-state index contributed by atoms with van der Waals surface area (Å²) in [5.41, 5.74) is 4.96. The summed E-state index contributed by atoms with van der Waals surface area (Å²) in [6.45, 7) is 2.43. The van der Waals surface area contributed by atoms with Crippen LogP contribution in [0.1, 0.15) is 12.6 Å². The normalized spacial score (nSPS) is 10.6. The summed E-state index contributed by atoms with van der Waals surface area (Å²) in [5, 5.41) is 2.65. The summed E-state index contributed by atoms with van der Waals surface area (Å²) in [4.78, 5) is 11.0. The van der Waals surface area contributed by atoms with Gasteiger partial charge in [0.15, 0.2) is 0 Å². The standard InChI is InChI=1S/C7H12FN3O/c1-2-5-6(8)7(12)11(10-5)4-3-9/h10H,2-4,9H2,1H3. The van der Waals surface area contributed by atoms with E-state index in [4.69, 9.17) is 5.73 Å². The molecule has 0 aliphatic carbocycles. The van der Waals surface area contributed by atoms with Gasteiger partial charge in [0.25, 0.3) is 0 Å². The van der Waals surface area contributed by atoms with Gasteiger partial charge in [-0.05, 0) is 6.42 Å². The number of halogens is 1. The second kappa shape index (κ2) is 3.53. The lowest BCUT2D eigenvalue weighted by atomic mass is 10.3. The summed E-state index contributed by atoms with van der Waals surface area (Å²) in [7, 11) is 0. The molecule has 0 radical (unpaired) electrons. The molecule has 0 unspecified atom stereocenters. The van der Waals surface area contributed by atoms with Gasteiger partial charge in [-0.3, -0.25) is 9.89 Å². The summed E-state index contributed by atoms with van der Waals surface area (Å²) < 4.78 is 14.1. The van der Waals surface area contributed by atoms with Crippen LogP contribution in [0.15, 0.2) is 4.79 Å². The summed E-state index contributed by atoms with van der Waals surface area (Å²) in [6, 6.07) is 0. The van der Waals surface area contributed by atoms with E-state index < -0.39 is 11.4 Å². The third kappa shape index (κ3) is 1.40. The van der Waals surface area contributed by atoms with Crippen molar-refractivity contribution in [2.75, 3.05) is 6.54 Å². The highest BCUT2D eigenvalue weighted by Crippen LogP contribution is 1.98. The number of rotatable bonds is 3. The number of aromatic nitrogens is 2. The summed E-state index contributed by atoms with van der Waals surface area (Å²) in [6.07, 6.45) is 0.485. The summed E-state index contributed by atoms with van der Waals surface area (Å²) in [5.74, 6) is -0.689. The molecule has 1 aromatic rings. The molecular weight excluding hydrogens is 161 g/mol. The highest BCUT2D eigenvalue weighted by atomic mass is 19.1. The van der Waals surface area contributed by atoms with Gasteiger partial charge in [0, 0.05) is 6.54 Å². The third-order valence-corrected chi connectivity index (χ3v) is 1.67. The molecule has 0 bridgehead atoms. The molecule has 12 heavy (non-hydrogen) atoms. The first kappa shape index (κ1) is 8.99. The first-order valence-corrected chi connectivity index (χ1v) is 3.88. The molecule has 68 valence electrons. The van der Waals surface area contributed by atoms with Crippen LogP contribution in [0.25, 0.3) is 0 Å². The number of nitrogens with zero attached hydrogens (tertiary/aromatic N) is 1. The van der Waals surface area contributed by atoms with Crippen LogP contribution in [0.5, 0.6) is 0 Å². The van der Waals surface area contributed by atoms with Gasteiger partial charge < -0.3 is 5.73 Å². The van der Waals surface area contributed by atoms with E-state index in [1.54, 1.807) is 6.92 Å². The number of aromatic amines is 1. The molecule has 0 saturated carbocycles. The van der Waals surface area contributed by atoms with Crippen LogP contribution in [0.2, 0.25) is 0 Å². The van der Waals surface area contributed by atoms with Gasteiger partial charge in [0.2, 0.25) is 5.82 Å². The fraction of sp³-hybridized carbons (Fsp3) is 0.571. The van der Waals surface area contributed by atoms with Crippen molar-refractivity contribution in [2.24, 2.45) is 5.73 Å². The van der Waals surface area contributed by atoms with Crippen molar-refractivity contribution in [2.45, 2.75) is 19.9 Å². The van der Waals surface area contributed by atoms with Crippen LogP contribution in [0.4, 0.5) is 4.39 Å². The minimum Gasteiger partial charge on any atom is -0.329 e. The first-order chi connectivity index (χ1) is 5.70. The Bertz CT molecular complexity index is 315. The Hall–Kier alpha value is -1.10. The molecule has 5 heteroatoms. The van der Waals surface area contributed by atoms with Crippen LogP contribution in [0, 0.1) is 5.82 Å². The van der Waals surface area contributed by atoms with Crippen LogP contribution in [-0.4, -0.2) is 16.3 Å². The van der Waals surface area contributed by atoms with E-state index >= 15 is 0 Å². The predicted octanol–water partition coefficient (Wildman–Crippen LogP) is -0.163. The SMILES string of the molecule is CCc1[nH]n(CCN)c(=O)c1F. The predicted molar refractivity (Wildman–Crippen MR) is 43.4 cm³/mol. The topological polar surface area (TPSA) is 63.8 Å². The quantitative estimate of drug-likeness (QED) is 0.667. The van der Waals surface area contributed by atoms with Crippen molar-refractivity contribution in [3.05, 3.63) is 21.9 Å². The Morgan fingerprint density at radius 3 is 2.75 bits per heavy atom. The van der Waals surface area contributed by atoms with Crippen molar-refractivity contribution in [1.29, 1.82) is 0 Å². The molecule has 0 aromatic carbocycles. The van der Waals surface area contributed by atoms with Crippen molar-refractivity contribution in [3.8, 4) is 0 Å². The third-order valence-electron chi connectivity index (χ3n) is 1.67. The molecule has 0 atom stereocenters. The fourth-order valence-electron chi connectivity index (χ4n) is 1.03. The van der Waals surface area contributed by atoms with Crippen LogP contribution in [0.3, 0.4) is 0 Å². The molecule has 0 fully saturated rings. The maximum atomic E-state index is 12.9. The van der Waals surface area contributed by atoms with E-state index in [9.17, 15) is 9.18 Å². The van der Waals surface area contributed by atoms with Crippen molar-refractivity contribution >= 4 is 0 Å². The lowest BCUT2D eigenvalue weighted by Crippen LogP contribution is -2.22. The number of nitrogens with one attached hydrogen (secondary N) is 1. The molecule has 0 aliphatic heterocycles. The number of H-pyrrole nitrogens is 1. The molecule has 0 amide bonds. The lowest BCUT2D eigenvalue weighted by molar-refractivity contribution is 0.576. The van der Waals surface area contributed by atoms with E-state index in [-0.39, 0.29) is 0 Å². The average Bonchev–Trinajstić information content (AvgIpc) is 2.33. The molecule has 4 nitrogen and oxygen atoms in total. The second-order valence-electron chi connectivity index (χ2n) is 2.50. The fourth-order valence-corrected chi connectivity index (χ4v) is 1.03. The zero-order valence-corrected chi connectivity index (χ0v) is 6.93. The number of nitrogens with two attached hydrogens (primary N) is 1. The molecule has 3 N–H and O–H groups in total. The van der Waals surface area contributed by atoms with Gasteiger partial charge >= 0.3 is 5.56 Å². The maximum absolute atomic E-state index is 12.9. The zero-order chi connectivity index (χ0) is 9.14. The minimum absolute atomic E-state index is 0.322. The van der Waals surface area contributed by atoms with Crippen molar-refractivity contribution in [1.82, 2.24) is 9.78 Å². The molecule has 1 heterocycles. The first-order valence-electron chi connectivity index (χ1n) is 3.88. The van der Waals surface area contributed by atoms with Crippen LogP contribution >= 0.6 is 0 Å². The number of hydrogen-bond acceptors (Lipinski definition) is 2. The largest absolute Gasteiger partial charge is 0.329 e. The van der Waals surface area contributed by atoms with E-state index in [2.05, 4.69) is 5.10 Å². The molecule has 1 rings (SSSR count). The van der Waals surface area contributed by atoms with Gasteiger partial charge in [-0.2, -0.15) is 4.39 Å². The Balaban J connectivity index is 3.07.